The lowest BCUT2D eigenvalue weighted by Crippen LogP contribution is -2.01. The normalized spacial score (nSPS) is 10.9. The van der Waals surface area contributed by atoms with Gasteiger partial charge in [-0.3, -0.25) is 0 Å². The molecule has 0 aromatic carbocycles. The van der Waals surface area contributed by atoms with Crippen LogP contribution in [0.15, 0.2) is 11.8 Å². The standard InChI is InChI=1S/C7H12O3/c1-4-10-5-6(2)7(8)9-3/h5H,4H2,1-3H3/b6-5-. The number of rotatable bonds is 3. The molecule has 0 amide bonds. The molecule has 0 aliphatic carbocycles. The van der Waals surface area contributed by atoms with Crippen molar-refractivity contribution in [2.24, 2.45) is 0 Å². The maximum Gasteiger partial charge on any atom is 0.336 e. The highest BCUT2D eigenvalue weighted by molar-refractivity contribution is 5.87. The maximum atomic E-state index is 10.6. The first-order valence-electron chi connectivity index (χ1n) is 3.09. The summed E-state index contributed by atoms with van der Waals surface area (Å²) in [5, 5.41) is 0. The van der Waals surface area contributed by atoms with Crippen LogP contribution in [0.2, 0.25) is 0 Å². The van der Waals surface area contributed by atoms with Gasteiger partial charge in [-0.25, -0.2) is 4.79 Å². The van der Waals surface area contributed by atoms with Gasteiger partial charge in [0.05, 0.1) is 25.6 Å². The SMILES string of the molecule is CCO/C=C(/C)C(=O)OC. The Morgan fingerprint density at radius 2 is 2.20 bits per heavy atom. The van der Waals surface area contributed by atoms with E-state index in [9.17, 15) is 4.79 Å². The van der Waals surface area contributed by atoms with Gasteiger partial charge in [-0.1, -0.05) is 0 Å². The number of ether oxygens (including phenoxy) is 2. The van der Waals surface area contributed by atoms with Crippen molar-refractivity contribution in [2.45, 2.75) is 13.8 Å². The molecule has 3 nitrogen and oxygen atoms in total. The number of carbonyl (C=O) groups excluding carboxylic acids is 1. The first kappa shape index (κ1) is 9.01. The minimum Gasteiger partial charge on any atom is -0.501 e. The van der Waals surface area contributed by atoms with Crippen LogP contribution in [0.4, 0.5) is 0 Å². The van der Waals surface area contributed by atoms with Crippen molar-refractivity contribution in [1.82, 2.24) is 0 Å². The Bertz CT molecular complexity index is 138. The van der Waals surface area contributed by atoms with Gasteiger partial charge < -0.3 is 9.47 Å². The Morgan fingerprint density at radius 3 is 2.60 bits per heavy atom. The maximum absolute atomic E-state index is 10.6. The molecule has 0 aliphatic heterocycles. The molecule has 0 atom stereocenters. The lowest BCUT2D eigenvalue weighted by atomic mass is 10.3. The monoisotopic (exact) mass is 144 g/mol. The molecule has 0 radical (unpaired) electrons. The van der Waals surface area contributed by atoms with E-state index in [2.05, 4.69) is 4.74 Å². The van der Waals surface area contributed by atoms with E-state index >= 15 is 0 Å². The third-order valence-corrected chi connectivity index (χ3v) is 0.934. The Balaban J connectivity index is 3.80. The van der Waals surface area contributed by atoms with Crippen LogP contribution in [0, 0.1) is 0 Å². The van der Waals surface area contributed by atoms with Crippen LogP contribution in [0.1, 0.15) is 13.8 Å². The molecule has 0 N–H and O–H groups in total. The summed E-state index contributed by atoms with van der Waals surface area (Å²) in [7, 11) is 1.34. The summed E-state index contributed by atoms with van der Waals surface area (Å²) in [6.45, 7) is 4.05. The molecule has 3 heteroatoms. The quantitative estimate of drug-likeness (QED) is 0.338. The van der Waals surface area contributed by atoms with Crippen LogP contribution in [0.3, 0.4) is 0 Å². The number of esters is 1. The number of hydrogen-bond donors (Lipinski definition) is 0. The molecule has 0 aliphatic rings. The zero-order valence-electron chi connectivity index (χ0n) is 6.51. The van der Waals surface area contributed by atoms with Gasteiger partial charge in [-0.2, -0.15) is 0 Å². The molecule has 0 rings (SSSR count). The van der Waals surface area contributed by atoms with E-state index in [1.807, 2.05) is 6.92 Å². The van der Waals surface area contributed by atoms with Gasteiger partial charge in [0.2, 0.25) is 0 Å². The second-order valence-electron chi connectivity index (χ2n) is 1.75. The van der Waals surface area contributed by atoms with Gasteiger partial charge in [0.25, 0.3) is 0 Å². The molecule has 0 bridgehead atoms. The fraction of sp³-hybridized carbons (Fsp3) is 0.571. The minimum atomic E-state index is -0.353. The van der Waals surface area contributed by atoms with E-state index in [1.165, 1.54) is 13.4 Å². The number of methoxy groups -OCH3 is 1. The number of hydrogen-bond acceptors (Lipinski definition) is 3. The second kappa shape index (κ2) is 4.85. The van der Waals surface area contributed by atoms with E-state index in [0.29, 0.717) is 12.2 Å². The molecule has 0 aromatic rings. The Morgan fingerprint density at radius 1 is 1.60 bits per heavy atom. The van der Waals surface area contributed by atoms with Gasteiger partial charge in [0.1, 0.15) is 0 Å². The lowest BCUT2D eigenvalue weighted by Gasteiger charge is -1.98. The first-order chi connectivity index (χ1) is 4.72. The van der Waals surface area contributed by atoms with Gasteiger partial charge in [0.15, 0.2) is 0 Å². The Hall–Kier alpha value is -0.990. The van der Waals surface area contributed by atoms with Crippen molar-refractivity contribution in [3.8, 4) is 0 Å². The van der Waals surface area contributed by atoms with E-state index in [-0.39, 0.29) is 5.97 Å². The summed E-state index contributed by atoms with van der Waals surface area (Å²) in [6, 6.07) is 0. The zero-order chi connectivity index (χ0) is 7.98. The lowest BCUT2D eigenvalue weighted by molar-refractivity contribution is -0.136. The average molecular weight is 144 g/mol. The fourth-order valence-electron chi connectivity index (χ4n) is 0.417. The van der Waals surface area contributed by atoms with E-state index in [0.717, 1.165) is 0 Å². The summed E-state index contributed by atoms with van der Waals surface area (Å²) < 4.78 is 9.28. The molecule has 0 saturated heterocycles. The Labute approximate surface area is 60.6 Å². The fourth-order valence-corrected chi connectivity index (χ4v) is 0.417. The first-order valence-corrected chi connectivity index (χ1v) is 3.09. The topological polar surface area (TPSA) is 35.5 Å². The van der Waals surface area contributed by atoms with Crippen molar-refractivity contribution in [3.63, 3.8) is 0 Å². The summed E-state index contributed by atoms with van der Waals surface area (Å²) in [5.74, 6) is -0.353. The van der Waals surface area contributed by atoms with Gasteiger partial charge in [-0.05, 0) is 13.8 Å². The molecule has 0 heterocycles. The van der Waals surface area contributed by atoms with Crippen LogP contribution >= 0.6 is 0 Å². The summed E-state index contributed by atoms with van der Waals surface area (Å²) in [5.41, 5.74) is 0.476. The average Bonchev–Trinajstić information content (AvgIpc) is 1.98. The van der Waals surface area contributed by atoms with Crippen LogP contribution in [0.25, 0.3) is 0 Å². The third kappa shape index (κ3) is 3.12. The summed E-state index contributed by atoms with van der Waals surface area (Å²) in [6.07, 6.45) is 1.39. The summed E-state index contributed by atoms with van der Waals surface area (Å²) in [4.78, 5) is 10.6. The molecule has 10 heavy (non-hydrogen) atoms. The van der Waals surface area contributed by atoms with Gasteiger partial charge >= 0.3 is 5.97 Å². The van der Waals surface area contributed by atoms with E-state index in [1.54, 1.807) is 6.92 Å². The highest BCUT2D eigenvalue weighted by Crippen LogP contribution is 1.94. The molecule has 0 saturated carbocycles. The van der Waals surface area contributed by atoms with E-state index < -0.39 is 0 Å². The highest BCUT2D eigenvalue weighted by atomic mass is 16.5. The van der Waals surface area contributed by atoms with Crippen molar-refractivity contribution in [1.29, 1.82) is 0 Å². The van der Waals surface area contributed by atoms with Crippen LogP contribution < -0.4 is 0 Å². The molecule has 0 aromatic heterocycles. The predicted molar refractivity (Wildman–Crippen MR) is 37.4 cm³/mol. The van der Waals surface area contributed by atoms with Crippen molar-refractivity contribution in [3.05, 3.63) is 11.8 Å². The molecular weight excluding hydrogens is 132 g/mol. The summed E-state index contributed by atoms with van der Waals surface area (Å²) >= 11 is 0. The van der Waals surface area contributed by atoms with Crippen molar-refractivity contribution in [2.75, 3.05) is 13.7 Å². The third-order valence-electron chi connectivity index (χ3n) is 0.934. The van der Waals surface area contributed by atoms with Crippen LogP contribution in [-0.4, -0.2) is 19.7 Å². The Kier molecular flexibility index (Phi) is 4.37. The molecule has 0 spiro atoms. The van der Waals surface area contributed by atoms with Crippen molar-refractivity contribution >= 4 is 5.97 Å². The minimum absolute atomic E-state index is 0.353. The second-order valence-corrected chi connectivity index (χ2v) is 1.75. The van der Waals surface area contributed by atoms with Gasteiger partial charge in [-0.15, -0.1) is 0 Å². The largest absolute Gasteiger partial charge is 0.501 e. The molecular formula is C7H12O3. The molecule has 58 valence electrons. The van der Waals surface area contributed by atoms with Crippen LogP contribution in [0.5, 0.6) is 0 Å². The predicted octanol–water partition coefficient (Wildman–Crippen LogP) is 1.10. The van der Waals surface area contributed by atoms with Gasteiger partial charge in [0, 0.05) is 0 Å². The number of carbonyl (C=O) groups is 1. The van der Waals surface area contributed by atoms with E-state index in [4.69, 9.17) is 4.74 Å². The molecule has 0 unspecified atom stereocenters. The van der Waals surface area contributed by atoms with Crippen LogP contribution in [-0.2, 0) is 14.3 Å². The van der Waals surface area contributed by atoms with Crippen molar-refractivity contribution < 1.29 is 14.3 Å². The highest BCUT2D eigenvalue weighted by Gasteiger charge is 2.01. The molecule has 0 fully saturated rings. The smallest absolute Gasteiger partial charge is 0.336 e. The zero-order valence-corrected chi connectivity index (χ0v) is 6.51.